The third-order valence-corrected chi connectivity index (χ3v) is 10.2. The molecule has 1 unspecified atom stereocenters. The Kier molecular flexibility index (Phi) is 13.9. The zero-order chi connectivity index (χ0) is 35.6. The van der Waals surface area contributed by atoms with Crippen molar-refractivity contribution in [3.8, 4) is 17.6 Å². The van der Waals surface area contributed by atoms with Crippen LogP contribution in [0.15, 0.2) is 78.9 Å². The first-order chi connectivity index (χ1) is 23.5. The number of methoxy groups -OCH3 is 2. The number of amides is 1. The Labute approximate surface area is 291 Å². The lowest BCUT2D eigenvalue weighted by atomic mass is 9.80. The molecule has 1 heterocycles. The maximum atomic E-state index is 12.1. The average molecular weight is 690 g/mol. The number of primary amides is 1. The van der Waals surface area contributed by atoms with Crippen LogP contribution in [0.4, 0.5) is 4.79 Å². The van der Waals surface area contributed by atoms with Crippen LogP contribution >= 0.6 is 8.53 Å². The third-order valence-electron chi connectivity index (χ3n) is 8.11. The van der Waals surface area contributed by atoms with E-state index in [0.717, 1.165) is 16.7 Å². The zero-order valence-corrected chi connectivity index (χ0v) is 29.7. The quantitative estimate of drug-likeness (QED) is 0.0775. The van der Waals surface area contributed by atoms with E-state index in [1.165, 1.54) is 0 Å². The van der Waals surface area contributed by atoms with Crippen molar-refractivity contribution in [3.63, 3.8) is 0 Å². The van der Waals surface area contributed by atoms with E-state index in [1.807, 2.05) is 107 Å². The summed E-state index contributed by atoms with van der Waals surface area (Å²) in [7, 11) is 7.88. The van der Waals surface area contributed by atoms with Crippen molar-refractivity contribution in [1.82, 2.24) is 4.67 Å². The second-order valence-corrected chi connectivity index (χ2v) is 13.4. The van der Waals surface area contributed by atoms with Gasteiger partial charge in [0.05, 0.1) is 45.9 Å². The number of rotatable bonds is 17. The molecule has 2 N–H and O–H groups in total. The summed E-state index contributed by atoms with van der Waals surface area (Å²) < 4.78 is 44.7. The molecule has 260 valence electrons. The molecular weight excluding hydrogens is 644 g/mol. The maximum absolute atomic E-state index is 12.1. The highest BCUT2D eigenvalue weighted by Crippen LogP contribution is 2.50. The van der Waals surface area contributed by atoms with Crippen molar-refractivity contribution in [2.75, 3.05) is 27.4 Å². The molecule has 2 radical (unpaired) electrons. The first-order valence-electron chi connectivity index (χ1n) is 16.2. The van der Waals surface area contributed by atoms with Gasteiger partial charge < -0.3 is 38.5 Å². The Morgan fingerprint density at radius 1 is 0.918 bits per heavy atom. The first-order valence-corrected chi connectivity index (χ1v) is 17.3. The van der Waals surface area contributed by atoms with Gasteiger partial charge in [0.15, 0.2) is 6.10 Å². The van der Waals surface area contributed by atoms with Crippen LogP contribution in [0, 0.1) is 11.3 Å². The number of nitrogens with zero attached hydrogens (tertiary/aromatic N) is 2. The van der Waals surface area contributed by atoms with Gasteiger partial charge in [-0.1, -0.05) is 54.6 Å². The van der Waals surface area contributed by atoms with Crippen molar-refractivity contribution in [2.45, 2.75) is 76.1 Å². The number of carbonyl (C=O) groups excluding carboxylic acids is 1. The van der Waals surface area contributed by atoms with E-state index in [-0.39, 0.29) is 31.7 Å². The fourth-order valence-corrected chi connectivity index (χ4v) is 7.73. The monoisotopic (exact) mass is 689 g/mol. The molecule has 0 spiro atoms. The van der Waals surface area contributed by atoms with Crippen molar-refractivity contribution in [3.05, 3.63) is 95.6 Å². The molecule has 11 nitrogen and oxygen atoms in total. The minimum Gasteiger partial charge on any atom is -0.497 e. The number of benzene rings is 3. The Morgan fingerprint density at radius 2 is 1.45 bits per heavy atom. The normalized spacial score (nSPS) is 19.9. The van der Waals surface area contributed by atoms with Crippen LogP contribution < -0.4 is 15.2 Å². The smallest absolute Gasteiger partial charge is 0.404 e. The van der Waals surface area contributed by atoms with Crippen LogP contribution in [0.25, 0.3) is 0 Å². The second kappa shape index (κ2) is 17.8. The number of nitrogens with two attached hydrogens (primary N) is 1. The van der Waals surface area contributed by atoms with Gasteiger partial charge in [-0.05, 0) is 68.7 Å². The van der Waals surface area contributed by atoms with E-state index in [9.17, 15) is 10.1 Å². The number of ether oxygens (including phenoxy) is 5. The lowest BCUT2D eigenvalue weighted by Gasteiger charge is -2.39. The fourth-order valence-electron chi connectivity index (χ4n) is 5.97. The predicted molar refractivity (Wildman–Crippen MR) is 187 cm³/mol. The molecule has 1 fully saturated rings. The molecule has 3 aromatic rings. The molecule has 13 heteroatoms. The van der Waals surface area contributed by atoms with Crippen LogP contribution in [-0.2, 0) is 28.9 Å². The molecule has 1 aliphatic heterocycles. The van der Waals surface area contributed by atoms with Crippen molar-refractivity contribution >= 4 is 22.5 Å². The number of hydrogen-bond acceptors (Lipinski definition) is 10. The number of hydrogen-bond donors (Lipinski definition) is 1. The summed E-state index contributed by atoms with van der Waals surface area (Å²) >= 11 is 0. The van der Waals surface area contributed by atoms with Gasteiger partial charge in [0.25, 0.3) is 8.53 Å². The highest BCUT2D eigenvalue weighted by Gasteiger charge is 2.49. The van der Waals surface area contributed by atoms with Crippen molar-refractivity contribution in [2.24, 2.45) is 5.73 Å². The second-order valence-electron chi connectivity index (χ2n) is 12.0. The molecule has 0 bridgehead atoms. The van der Waals surface area contributed by atoms with E-state index in [2.05, 4.69) is 10.7 Å². The van der Waals surface area contributed by atoms with Crippen LogP contribution in [0.2, 0.25) is 0 Å². The van der Waals surface area contributed by atoms with Crippen molar-refractivity contribution in [1.29, 1.82) is 5.26 Å². The van der Waals surface area contributed by atoms with Crippen LogP contribution in [0.3, 0.4) is 0 Å². The summed E-state index contributed by atoms with van der Waals surface area (Å²) in [6.07, 6.45) is -3.68. The molecular formula is C36H45BN3O8P. The van der Waals surface area contributed by atoms with Gasteiger partial charge in [0, 0.05) is 12.1 Å². The highest BCUT2D eigenvalue weighted by molar-refractivity contribution is 7.44. The standard InChI is InChI=1S/C36H45BN3O8P/c1-24(2)40(25(3)4)49(45-22-10-21-38)48-32-31(46-34(37)33(32)47-35(39)41)23-44-36(26-11-8-7-9-12-26,27-13-17-29(42-5)18-14-27)28-15-19-30(43-6)20-16-28/h7-9,11-20,24-25,31-34H,10,22-23H2,1-6H3,(H2,39,41)/t31-,32+,33+,34-,49?/m1/s1. The Balaban J connectivity index is 1.80. The molecule has 4 rings (SSSR count). The molecule has 0 aromatic heterocycles. The molecule has 1 saturated heterocycles. The Hall–Kier alpha value is -3.69. The Bertz CT molecular complexity index is 1450. The predicted octanol–water partition coefficient (Wildman–Crippen LogP) is 6.03. The summed E-state index contributed by atoms with van der Waals surface area (Å²) in [5, 5.41) is 9.21. The van der Waals surface area contributed by atoms with Gasteiger partial charge in [0.1, 0.15) is 37.2 Å². The summed E-state index contributed by atoms with van der Waals surface area (Å²) in [5.41, 5.74) is 6.83. The van der Waals surface area contributed by atoms with Gasteiger partial charge in [-0.3, -0.25) is 0 Å². The molecule has 3 aromatic carbocycles. The third kappa shape index (κ3) is 9.11. The van der Waals surface area contributed by atoms with Crippen LogP contribution in [0.1, 0.15) is 50.8 Å². The SMILES string of the molecule is [B][C@@H]1O[C@H](COC(c2ccccc2)(c2ccc(OC)cc2)c2ccc(OC)cc2)[C@H](OP(OCCC#N)N(C(C)C)C(C)C)[C@@H]1OC(N)=O. The molecule has 1 amide bonds. The molecule has 1 aliphatic rings. The Morgan fingerprint density at radius 3 is 1.92 bits per heavy atom. The van der Waals surface area contributed by atoms with Gasteiger partial charge >= 0.3 is 6.09 Å². The van der Waals surface area contributed by atoms with Crippen molar-refractivity contribution < 1.29 is 37.5 Å². The van der Waals surface area contributed by atoms with Gasteiger partial charge in [-0.25, -0.2) is 9.46 Å². The molecule has 0 aliphatic carbocycles. The molecule has 5 atom stereocenters. The van der Waals surface area contributed by atoms with E-state index in [4.69, 9.17) is 46.3 Å². The number of nitriles is 1. The number of carbonyl (C=O) groups is 1. The average Bonchev–Trinajstić information content (AvgIpc) is 3.38. The zero-order valence-electron chi connectivity index (χ0n) is 28.9. The molecule has 0 saturated carbocycles. The highest BCUT2D eigenvalue weighted by atomic mass is 31.2. The lowest BCUT2D eigenvalue weighted by molar-refractivity contribution is -0.0724. The minimum absolute atomic E-state index is 0.0188. The maximum Gasteiger partial charge on any atom is 0.404 e. The van der Waals surface area contributed by atoms with E-state index in [1.54, 1.807) is 14.2 Å². The summed E-state index contributed by atoms with van der Waals surface area (Å²) in [6.45, 7) is 8.21. The van der Waals surface area contributed by atoms with Crippen LogP contribution in [-0.4, -0.2) is 82.4 Å². The van der Waals surface area contributed by atoms with E-state index in [0.29, 0.717) is 11.5 Å². The first kappa shape index (κ1) is 38.1. The summed E-state index contributed by atoms with van der Waals surface area (Å²) in [6, 6.07) is 26.2. The van der Waals surface area contributed by atoms with Gasteiger partial charge in [0.2, 0.25) is 0 Å². The summed E-state index contributed by atoms with van der Waals surface area (Å²) in [4.78, 5) is 12.1. The van der Waals surface area contributed by atoms with E-state index >= 15 is 0 Å². The topological polar surface area (TPSA) is 135 Å². The lowest BCUT2D eigenvalue weighted by Crippen LogP contribution is -2.44. The fraction of sp³-hybridized carbons (Fsp3) is 0.444. The van der Waals surface area contributed by atoms with Crippen LogP contribution in [0.5, 0.6) is 11.5 Å². The largest absolute Gasteiger partial charge is 0.497 e. The molecule has 49 heavy (non-hydrogen) atoms. The minimum atomic E-state index is -1.77. The van der Waals surface area contributed by atoms with Gasteiger partial charge in [-0.2, -0.15) is 5.26 Å². The van der Waals surface area contributed by atoms with E-state index < -0.39 is 44.5 Å². The van der Waals surface area contributed by atoms with Gasteiger partial charge in [-0.15, -0.1) is 0 Å². The summed E-state index contributed by atoms with van der Waals surface area (Å²) in [5.74, 6) is 1.38.